The topological polar surface area (TPSA) is 59.8 Å². The van der Waals surface area contributed by atoms with Crippen LogP contribution in [0.2, 0.25) is 0 Å². The Balaban J connectivity index is 1.50. The van der Waals surface area contributed by atoms with Gasteiger partial charge < -0.3 is 14.1 Å². The van der Waals surface area contributed by atoms with Crippen molar-refractivity contribution in [3.8, 4) is 11.5 Å². The number of halogens is 1. The lowest BCUT2D eigenvalue weighted by atomic mass is 9.98. The van der Waals surface area contributed by atoms with Crippen LogP contribution < -0.4 is 10.2 Å². The Morgan fingerprint density at radius 2 is 1.56 bits per heavy atom. The first kappa shape index (κ1) is 21.8. The van der Waals surface area contributed by atoms with Crippen molar-refractivity contribution in [3.05, 3.63) is 142 Å². The summed E-state index contributed by atoms with van der Waals surface area (Å²) in [6.07, 6.45) is 0. The molecule has 0 bridgehead atoms. The van der Waals surface area contributed by atoms with Crippen LogP contribution in [0.4, 0.5) is 4.39 Å². The van der Waals surface area contributed by atoms with Gasteiger partial charge in [-0.05, 0) is 59.7 Å². The van der Waals surface area contributed by atoms with E-state index in [1.54, 1.807) is 41.3 Å². The van der Waals surface area contributed by atoms with Gasteiger partial charge in [0.15, 0.2) is 5.43 Å². The molecule has 176 valence electrons. The Morgan fingerprint density at radius 1 is 0.806 bits per heavy atom. The van der Waals surface area contributed by atoms with Crippen molar-refractivity contribution in [1.82, 2.24) is 4.90 Å². The Morgan fingerprint density at radius 3 is 2.39 bits per heavy atom. The van der Waals surface area contributed by atoms with Crippen LogP contribution >= 0.6 is 0 Å². The van der Waals surface area contributed by atoms with E-state index in [0.29, 0.717) is 33.6 Å². The van der Waals surface area contributed by atoms with Crippen molar-refractivity contribution < 1.29 is 18.3 Å². The number of hydrogen-bond donors (Lipinski definition) is 0. The summed E-state index contributed by atoms with van der Waals surface area (Å²) in [5, 5.41) is 0.401. The van der Waals surface area contributed by atoms with Crippen LogP contribution in [0.3, 0.4) is 0 Å². The minimum atomic E-state index is -0.726. The van der Waals surface area contributed by atoms with Crippen LogP contribution in [-0.4, -0.2) is 10.8 Å². The number of carbonyl (C=O) groups is 1. The van der Waals surface area contributed by atoms with Crippen molar-refractivity contribution >= 4 is 16.9 Å². The second-order valence-corrected chi connectivity index (χ2v) is 8.62. The van der Waals surface area contributed by atoms with Crippen LogP contribution in [0.25, 0.3) is 11.0 Å². The van der Waals surface area contributed by atoms with Gasteiger partial charge in [-0.3, -0.25) is 9.59 Å². The summed E-state index contributed by atoms with van der Waals surface area (Å²) in [6, 6.07) is 28.9. The predicted octanol–water partition coefficient (Wildman–Crippen LogP) is 6.47. The number of para-hydroxylation sites is 2. The molecule has 6 heteroatoms. The molecule has 1 aliphatic rings. The third-order valence-electron chi connectivity index (χ3n) is 6.27. The number of carbonyl (C=O) groups excluding carboxylic acids is 1. The van der Waals surface area contributed by atoms with Gasteiger partial charge in [0.05, 0.1) is 17.0 Å². The molecule has 1 amide bonds. The fourth-order valence-electron chi connectivity index (χ4n) is 4.68. The first-order valence-electron chi connectivity index (χ1n) is 11.5. The van der Waals surface area contributed by atoms with Gasteiger partial charge in [0.2, 0.25) is 5.76 Å². The molecule has 1 unspecified atom stereocenters. The van der Waals surface area contributed by atoms with Gasteiger partial charge in [-0.1, -0.05) is 54.6 Å². The van der Waals surface area contributed by atoms with E-state index in [9.17, 15) is 14.0 Å². The Bertz CT molecular complexity index is 1660. The van der Waals surface area contributed by atoms with Crippen molar-refractivity contribution in [1.29, 1.82) is 0 Å². The smallest absolute Gasteiger partial charge is 0.291 e. The van der Waals surface area contributed by atoms with Crippen LogP contribution in [0, 0.1) is 5.82 Å². The Kier molecular flexibility index (Phi) is 5.34. The molecule has 4 aromatic carbocycles. The maximum Gasteiger partial charge on any atom is 0.291 e. The molecule has 1 atom stereocenters. The highest BCUT2D eigenvalue weighted by molar-refractivity contribution is 5.99. The molecule has 36 heavy (non-hydrogen) atoms. The number of benzene rings is 4. The minimum Gasteiger partial charge on any atom is -0.457 e. The zero-order valence-corrected chi connectivity index (χ0v) is 19.1. The largest absolute Gasteiger partial charge is 0.457 e. The van der Waals surface area contributed by atoms with E-state index >= 15 is 0 Å². The molecule has 1 aromatic heterocycles. The standard InChI is InChI=1S/C30H20FNO4/c31-21-10-6-8-19(16-21)18-32-27(20-9-7-13-23(17-20)35-22-11-2-1-3-12-22)26-28(33)24-14-4-5-15-25(24)36-29(26)30(32)34/h1-17,27H,18H2. The molecule has 6 rings (SSSR count). The number of nitrogens with zero attached hydrogens (tertiary/aromatic N) is 1. The highest BCUT2D eigenvalue weighted by atomic mass is 19.1. The molecule has 1 aliphatic heterocycles. The minimum absolute atomic E-state index is 0.00878. The van der Waals surface area contributed by atoms with Gasteiger partial charge in [-0.15, -0.1) is 0 Å². The summed E-state index contributed by atoms with van der Waals surface area (Å²) in [5.41, 5.74) is 1.65. The second kappa shape index (κ2) is 8.82. The molecule has 5 nitrogen and oxygen atoms in total. The summed E-state index contributed by atoms with van der Waals surface area (Å²) >= 11 is 0. The fourth-order valence-corrected chi connectivity index (χ4v) is 4.68. The van der Waals surface area contributed by atoms with E-state index in [0.717, 1.165) is 0 Å². The normalized spacial score (nSPS) is 14.8. The fraction of sp³-hybridized carbons (Fsp3) is 0.0667. The van der Waals surface area contributed by atoms with Gasteiger partial charge in [0.1, 0.15) is 22.9 Å². The molecule has 0 saturated heterocycles. The zero-order chi connectivity index (χ0) is 24.6. The summed E-state index contributed by atoms with van der Waals surface area (Å²) in [7, 11) is 0. The third kappa shape index (κ3) is 3.82. The summed E-state index contributed by atoms with van der Waals surface area (Å²) in [4.78, 5) is 28.8. The van der Waals surface area contributed by atoms with E-state index in [4.69, 9.17) is 9.15 Å². The van der Waals surface area contributed by atoms with Crippen LogP contribution in [-0.2, 0) is 6.54 Å². The number of fused-ring (bicyclic) bond motifs is 2. The molecule has 0 aliphatic carbocycles. The summed E-state index contributed by atoms with van der Waals surface area (Å²) in [5.74, 6) is 0.424. The van der Waals surface area contributed by atoms with Gasteiger partial charge in [-0.25, -0.2) is 4.39 Å². The lowest BCUT2D eigenvalue weighted by Crippen LogP contribution is -2.29. The molecular formula is C30H20FNO4. The summed E-state index contributed by atoms with van der Waals surface area (Å²) in [6.45, 7) is 0.102. The SMILES string of the molecule is O=C1c2oc3ccccc3c(=O)c2C(c2cccc(Oc3ccccc3)c2)N1Cc1cccc(F)c1. The molecule has 0 fully saturated rings. The quantitative estimate of drug-likeness (QED) is 0.291. The molecule has 5 aromatic rings. The van der Waals surface area contributed by atoms with Gasteiger partial charge in [0, 0.05) is 6.54 Å². The average molecular weight is 477 g/mol. The van der Waals surface area contributed by atoms with Gasteiger partial charge in [-0.2, -0.15) is 0 Å². The summed E-state index contributed by atoms with van der Waals surface area (Å²) < 4.78 is 25.9. The maximum atomic E-state index is 13.9. The second-order valence-electron chi connectivity index (χ2n) is 8.62. The molecule has 0 N–H and O–H groups in total. The third-order valence-corrected chi connectivity index (χ3v) is 6.27. The first-order valence-corrected chi connectivity index (χ1v) is 11.5. The van der Waals surface area contributed by atoms with E-state index in [1.165, 1.54) is 12.1 Å². The van der Waals surface area contributed by atoms with Crippen LogP contribution in [0.15, 0.2) is 112 Å². The molecule has 0 saturated carbocycles. The highest BCUT2D eigenvalue weighted by Gasteiger charge is 2.42. The number of hydrogen-bond acceptors (Lipinski definition) is 4. The lowest BCUT2D eigenvalue weighted by molar-refractivity contribution is 0.0714. The van der Waals surface area contributed by atoms with Gasteiger partial charge >= 0.3 is 0 Å². The van der Waals surface area contributed by atoms with Gasteiger partial charge in [0.25, 0.3) is 5.91 Å². The Labute approximate surface area is 206 Å². The number of amides is 1. The van der Waals surface area contributed by atoms with Crippen LogP contribution in [0.1, 0.15) is 33.3 Å². The predicted molar refractivity (Wildman–Crippen MR) is 134 cm³/mol. The Hall–Kier alpha value is -4.71. The van der Waals surface area contributed by atoms with Crippen LogP contribution in [0.5, 0.6) is 11.5 Å². The zero-order valence-electron chi connectivity index (χ0n) is 19.1. The van der Waals surface area contributed by atoms with E-state index in [1.807, 2.05) is 54.6 Å². The van der Waals surface area contributed by atoms with E-state index < -0.39 is 17.8 Å². The average Bonchev–Trinajstić information content (AvgIpc) is 3.16. The molecule has 0 spiro atoms. The molecule has 0 radical (unpaired) electrons. The lowest BCUT2D eigenvalue weighted by Gasteiger charge is -2.25. The van der Waals surface area contributed by atoms with E-state index in [2.05, 4.69) is 0 Å². The molecular weight excluding hydrogens is 457 g/mol. The number of ether oxygens (including phenoxy) is 1. The molecule has 2 heterocycles. The first-order chi connectivity index (χ1) is 17.6. The van der Waals surface area contributed by atoms with Crippen molar-refractivity contribution in [2.45, 2.75) is 12.6 Å². The van der Waals surface area contributed by atoms with Crippen molar-refractivity contribution in [2.24, 2.45) is 0 Å². The van der Waals surface area contributed by atoms with Crippen molar-refractivity contribution in [2.75, 3.05) is 0 Å². The number of rotatable bonds is 5. The van der Waals surface area contributed by atoms with Crippen molar-refractivity contribution in [3.63, 3.8) is 0 Å². The highest BCUT2D eigenvalue weighted by Crippen LogP contribution is 2.40. The van der Waals surface area contributed by atoms with E-state index in [-0.39, 0.29) is 23.3 Å². The monoisotopic (exact) mass is 477 g/mol. The maximum absolute atomic E-state index is 13.9.